The normalized spacial score (nSPS) is 10.9. The summed E-state index contributed by atoms with van der Waals surface area (Å²) in [5, 5.41) is 7.00. The van der Waals surface area contributed by atoms with E-state index < -0.39 is 11.7 Å². The fraction of sp³-hybridized carbons (Fsp3) is 0.125. The second kappa shape index (κ2) is 6.30. The van der Waals surface area contributed by atoms with Crippen molar-refractivity contribution >= 4 is 51.6 Å². The minimum Gasteiger partial charge on any atom is -0.377 e. The summed E-state index contributed by atoms with van der Waals surface area (Å²) in [5.74, 6) is -1.12. The fourth-order valence-corrected chi connectivity index (χ4v) is 2.77. The van der Waals surface area contributed by atoms with Crippen LogP contribution in [0.5, 0.6) is 0 Å². The van der Waals surface area contributed by atoms with Gasteiger partial charge in [-0.2, -0.15) is 0 Å². The first-order chi connectivity index (χ1) is 11.4. The third-order valence-electron chi connectivity index (χ3n) is 3.44. The number of nitrogens with one attached hydrogen (secondary N) is 1. The second-order valence-electron chi connectivity index (χ2n) is 5.28. The molecular formula is C16H12Cl2FN3O2. The van der Waals surface area contributed by atoms with E-state index in [1.165, 1.54) is 6.07 Å². The SMILES string of the molecule is CN(C)c1cccc2onc(NC(=O)c3cc(F)c(Cl)cc3Cl)c12. The second-order valence-corrected chi connectivity index (χ2v) is 6.09. The maximum absolute atomic E-state index is 13.6. The largest absolute Gasteiger partial charge is 0.377 e. The molecule has 24 heavy (non-hydrogen) atoms. The molecule has 0 saturated carbocycles. The molecule has 124 valence electrons. The van der Waals surface area contributed by atoms with Crippen molar-refractivity contribution in [1.82, 2.24) is 5.16 Å². The summed E-state index contributed by atoms with van der Waals surface area (Å²) < 4.78 is 18.8. The fourth-order valence-electron chi connectivity index (χ4n) is 2.30. The molecule has 0 aliphatic carbocycles. The molecule has 1 heterocycles. The lowest BCUT2D eigenvalue weighted by atomic mass is 10.1. The van der Waals surface area contributed by atoms with E-state index in [1.807, 2.05) is 31.1 Å². The third-order valence-corrected chi connectivity index (χ3v) is 4.05. The molecule has 0 aliphatic heterocycles. The van der Waals surface area contributed by atoms with Gasteiger partial charge in [-0.25, -0.2) is 4.39 Å². The van der Waals surface area contributed by atoms with Crippen LogP contribution in [-0.2, 0) is 0 Å². The summed E-state index contributed by atoms with van der Waals surface area (Å²) >= 11 is 11.6. The van der Waals surface area contributed by atoms with Gasteiger partial charge in [0, 0.05) is 14.1 Å². The number of halogens is 3. The zero-order valence-corrected chi connectivity index (χ0v) is 14.2. The molecular weight excluding hydrogens is 356 g/mol. The lowest BCUT2D eigenvalue weighted by Crippen LogP contribution is -2.14. The predicted molar refractivity (Wildman–Crippen MR) is 92.7 cm³/mol. The number of anilines is 2. The molecule has 1 aromatic heterocycles. The number of benzene rings is 2. The monoisotopic (exact) mass is 367 g/mol. The van der Waals surface area contributed by atoms with Crippen LogP contribution in [0.4, 0.5) is 15.9 Å². The number of aromatic nitrogens is 1. The molecule has 0 radical (unpaired) electrons. The van der Waals surface area contributed by atoms with Crippen LogP contribution in [-0.4, -0.2) is 25.2 Å². The van der Waals surface area contributed by atoms with Crippen molar-refractivity contribution in [3.05, 3.63) is 51.8 Å². The highest BCUT2D eigenvalue weighted by molar-refractivity contribution is 6.37. The van der Waals surface area contributed by atoms with E-state index in [2.05, 4.69) is 10.5 Å². The topological polar surface area (TPSA) is 58.4 Å². The molecule has 3 aromatic rings. The van der Waals surface area contributed by atoms with Gasteiger partial charge in [0.1, 0.15) is 5.82 Å². The first-order valence-corrected chi connectivity index (χ1v) is 7.65. The van der Waals surface area contributed by atoms with Crippen molar-refractivity contribution in [1.29, 1.82) is 0 Å². The van der Waals surface area contributed by atoms with Crippen LogP contribution in [0.3, 0.4) is 0 Å². The molecule has 2 aromatic carbocycles. The number of amides is 1. The van der Waals surface area contributed by atoms with E-state index in [9.17, 15) is 9.18 Å². The molecule has 8 heteroatoms. The summed E-state index contributed by atoms with van der Waals surface area (Å²) in [6.07, 6.45) is 0. The van der Waals surface area contributed by atoms with Crippen LogP contribution >= 0.6 is 23.2 Å². The lowest BCUT2D eigenvalue weighted by Gasteiger charge is -2.13. The highest BCUT2D eigenvalue weighted by Gasteiger charge is 2.19. The van der Waals surface area contributed by atoms with Gasteiger partial charge in [-0.3, -0.25) is 4.79 Å². The van der Waals surface area contributed by atoms with Crippen LogP contribution < -0.4 is 10.2 Å². The Morgan fingerprint density at radius 1 is 1.25 bits per heavy atom. The summed E-state index contributed by atoms with van der Waals surface area (Å²) in [6.45, 7) is 0. The molecule has 0 aliphatic rings. The molecule has 0 fully saturated rings. The van der Waals surface area contributed by atoms with Crippen LogP contribution in [0.15, 0.2) is 34.9 Å². The van der Waals surface area contributed by atoms with Gasteiger partial charge in [-0.05, 0) is 24.3 Å². The zero-order valence-electron chi connectivity index (χ0n) is 12.7. The summed E-state index contributed by atoms with van der Waals surface area (Å²) in [6, 6.07) is 7.58. The highest BCUT2D eigenvalue weighted by Crippen LogP contribution is 2.32. The average molecular weight is 368 g/mol. The Balaban J connectivity index is 2.02. The Hall–Kier alpha value is -2.31. The molecule has 3 rings (SSSR count). The van der Waals surface area contributed by atoms with E-state index >= 15 is 0 Å². The van der Waals surface area contributed by atoms with Crippen LogP contribution in [0, 0.1) is 5.82 Å². The molecule has 0 atom stereocenters. The first-order valence-electron chi connectivity index (χ1n) is 6.90. The van der Waals surface area contributed by atoms with E-state index in [1.54, 1.807) is 6.07 Å². The Labute approximate surface area is 146 Å². The smallest absolute Gasteiger partial charge is 0.258 e. The van der Waals surface area contributed by atoms with Crippen molar-refractivity contribution in [3.8, 4) is 0 Å². The zero-order chi connectivity index (χ0) is 17.4. The molecule has 1 amide bonds. The highest BCUT2D eigenvalue weighted by atomic mass is 35.5. The van der Waals surface area contributed by atoms with E-state index in [0.717, 1.165) is 11.8 Å². The Morgan fingerprint density at radius 3 is 2.71 bits per heavy atom. The maximum Gasteiger partial charge on any atom is 0.258 e. The number of rotatable bonds is 3. The molecule has 0 spiro atoms. The number of carbonyl (C=O) groups is 1. The van der Waals surface area contributed by atoms with Gasteiger partial charge >= 0.3 is 0 Å². The number of carbonyl (C=O) groups excluding carboxylic acids is 1. The third kappa shape index (κ3) is 2.90. The summed E-state index contributed by atoms with van der Waals surface area (Å²) in [4.78, 5) is 14.3. The molecule has 1 N–H and O–H groups in total. The molecule has 5 nitrogen and oxygen atoms in total. The van der Waals surface area contributed by atoms with Gasteiger partial charge in [0.15, 0.2) is 11.4 Å². The van der Waals surface area contributed by atoms with Crippen LogP contribution in [0.25, 0.3) is 11.0 Å². The van der Waals surface area contributed by atoms with E-state index in [4.69, 9.17) is 27.7 Å². The van der Waals surface area contributed by atoms with Crippen molar-refractivity contribution in [2.24, 2.45) is 0 Å². The Kier molecular flexibility index (Phi) is 4.34. The standard InChI is InChI=1S/C16H12Cl2FN3O2/c1-22(2)12-4-3-5-13-14(12)15(21-24-13)20-16(23)8-6-11(19)10(18)7-9(8)17/h3-7H,1-2H3,(H,20,21,23). The van der Waals surface area contributed by atoms with E-state index in [-0.39, 0.29) is 21.4 Å². The van der Waals surface area contributed by atoms with Crippen molar-refractivity contribution < 1.29 is 13.7 Å². The number of hydrogen-bond donors (Lipinski definition) is 1. The maximum atomic E-state index is 13.6. The minimum atomic E-state index is -0.731. The summed E-state index contributed by atoms with van der Waals surface area (Å²) in [5.41, 5.74) is 1.29. The van der Waals surface area contributed by atoms with Gasteiger partial charge in [0.2, 0.25) is 0 Å². The Morgan fingerprint density at radius 2 is 2.00 bits per heavy atom. The molecule has 0 unspecified atom stereocenters. The van der Waals surface area contributed by atoms with Crippen LogP contribution in [0.2, 0.25) is 10.0 Å². The van der Waals surface area contributed by atoms with Crippen molar-refractivity contribution in [2.45, 2.75) is 0 Å². The number of hydrogen-bond acceptors (Lipinski definition) is 4. The van der Waals surface area contributed by atoms with Gasteiger partial charge in [0.25, 0.3) is 5.91 Å². The lowest BCUT2D eigenvalue weighted by molar-refractivity contribution is 0.102. The first kappa shape index (κ1) is 16.5. The van der Waals surface area contributed by atoms with Gasteiger partial charge in [-0.15, -0.1) is 0 Å². The molecule has 0 saturated heterocycles. The van der Waals surface area contributed by atoms with E-state index in [0.29, 0.717) is 11.0 Å². The minimum absolute atomic E-state index is 0.0412. The number of fused-ring (bicyclic) bond motifs is 1. The van der Waals surface area contributed by atoms with Crippen molar-refractivity contribution in [2.75, 3.05) is 24.3 Å². The van der Waals surface area contributed by atoms with Gasteiger partial charge in [0.05, 0.1) is 26.7 Å². The Bertz CT molecular complexity index is 940. The predicted octanol–water partition coefficient (Wildman–Crippen LogP) is 4.59. The summed E-state index contributed by atoms with van der Waals surface area (Å²) in [7, 11) is 3.72. The van der Waals surface area contributed by atoms with Gasteiger partial charge < -0.3 is 14.7 Å². The van der Waals surface area contributed by atoms with Crippen molar-refractivity contribution in [3.63, 3.8) is 0 Å². The quantitative estimate of drug-likeness (QED) is 0.687. The van der Waals surface area contributed by atoms with Crippen LogP contribution in [0.1, 0.15) is 10.4 Å². The number of nitrogens with zero attached hydrogens (tertiary/aromatic N) is 2. The average Bonchev–Trinajstić information content (AvgIpc) is 2.93. The van der Waals surface area contributed by atoms with Gasteiger partial charge in [-0.1, -0.05) is 34.4 Å². The molecule has 0 bridgehead atoms.